The van der Waals surface area contributed by atoms with E-state index in [1.54, 1.807) is 32.0 Å². The first-order valence-corrected chi connectivity index (χ1v) is 6.68. The smallest absolute Gasteiger partial charge is 0.244 e. The fraction of sp³-hybridized carbons (Fsp3) is 0.455. The van der Waals surface area contributed by atoms with Crippen LogP contribution in [0.1, 0.15) is 13.8 Å². The van der Waals surface area contributed by atoms with Gasteiger partial charge in [-0.05, 0) is 26.0 Å². The molecular weight excluding hydrogens is 240 g/mol. The molecule has 0 saturated carbocycles. The van der Waals surface area contributed by atoms with Crippen molar-refractivity contribution in [1.82, 2.24) is 4.72 Å². The second-order valence-electron chi connectivity index (χ2n) is 4.34. The minimum absolute atomic E-state index is 0.115. The lowest BCUT2D eigenvalue weighted by Crippen LogP contribution is -2.48. The first-order chi connectivity index (χ1) is 7.82. The predicted octanol–water partition coefficient (Wildman–Crippen LogP) is 0.711. The summed E-state index contributed by atoms with van der Waals surface area (Å²) in [5.74, 6) is 0.313. The Bertz CT molecular complexity index is 483. The molecule has 0 atom stereocenters. The molecule has 0 unspecified atom stereocenters. The minimum atomic E-state index is -3.63. The highest BCUT2D eigenvalue weighted by Crippen LogP contribution is 2.23. The van der Waals surface area contributed by atoms with E-state index in [4.69, 9.17) is 10.5 Å². The first kappa shape index (κ1) is 14.0. The molecule has 0 aliphatic heterocycles. The Morgan fingerprint density at radius 1 is 1.35 bits per heavy atom. The molecule has 96 valence electrons. The maximum atomic E-state index is 12.1. The lowest BCUT2D eigenvalue weighted by molar-refractivity contribution is 0.400. The van der Waals surface area contributed by atoms with Gasteiger partial charge in [-0.3, -0.25) is 0 Å². The minimum Gasteiger partial charge on any atom is -0.495 e. The second kappa shape index (κ2) is 5.03. The maximum absolute atomic E-state index is 12.1. The van der Waals surface area contributed by atoms with Crippen LogP contribution in [0.2, 0.25) is 0 Å². The largest absolute Gasteiger partial charge is 0.495 e. The summed E-state index contributed by atoms with van der Waals surface area (Å²) in [7, 11) is -2.19. The first-order valence-electron chi connectivity index (χ1n) is 5.19. The average molecular weight is 258 g/mol. The van der Waals surface area contributed by atoms with E-state index in [0.717, 1.165) is 0 Å². The Morgan fingerprint density at radius 2 is 1.94 bits per heavy atom. The number of nitrogens with two attached hydrogens (primary N) is 1. The normalized spacial score (nSPS) is 12.5. The van der Waals surface area contributed by atoms with Crippen LogP contribution in [-0.2, 0) is 10.0 Å². The number of benzene rings is 1. The Hall–Kier alpha value is -1.11. The van der Waals surface area contributed by atoms with Crippen molar-refractivity contribution < 1.29 is 13.2 Å². The molecule has 1 aromatic carbocycles. The van der Waals surface area contributed by atoms with Crippen LogP contribution in [0.5, 0.6) is 5.75 Å². The summed E-state index contributed by atoms with van der Waals surface area (Å²) in [5, 5.41) is 0. The number of methoxy groups -OCH3 is 1. The summed E-state index contributed by atoms with van der Waals surface area (Å²) in [6, 6.07) is 6.45. The van der Waals surface area contributed by atoms with Crippen LogP contribution < -0.4 is 15.2 Å². The molecule has 6 heteroatoms. The van der Waals surface area contributed by atoms with Crippen molar-refractivity contribution in [2.75, 3.05) is 13.7 Å². The Balaban J connectivity index is 3.14. The van der Waals surface area contributed by atoms with E-state index in [0.29, 0.717) is 5.75 Å². The van der Waals surface area contributed by atoms with Crippen molar-refractivity contribution in [3.05, 3.63) is 24.3 Å². The number of para-hydroxylation sites is 1. The number of hydrogen-bond donors (Lipinski definition) is 2. The van der Waals surface area contributed by atoms with E-state index in [1.165, 1.54) is 13.2 Å². The molecule has 0 heterocycles. The zero-order valence-corrected chi connectivity index (χ0v) is 11.0. The SMILES string of the molecule is COc1ccccc1S(=O)(=O)NC(C)(C)CN. The van der Waals surface area contributed by atoms with Gasteiger partial charge >= 0.3 is 0 Å². The fourth-order valence-electron chi connectivity index (χ4n) is 1.30. The van der Waals surface area contributed by atoms with E-state index in [1.807, 2.05) is 0 Å². The van der Waals surface area contributed by atoms with E-state index in [2.05, 4.69) is 4.72 Å². The highest BCUT2D eigenvalue weighted by molar-refractivity contribution is 7.89. The monoisotopic (exact) mass is 258 g/mol. The van der Waals surface area contributed by atoms with Gasteiger partial charge in [-0.15, -0.1) is 0 Å². The zero-order chi connectivity index (χ0) is 13.1. The van der Waals surface area contributed by atoms with E-state index in [-0.39, 0.29) is 11.4 Å². The molecule has 5 nitrogen and oxygen atoms in total. The van der Waals surface area contributed by atoms with Crippen LogP contribution in [0.25, 0.3) is 0 Å². The molecule has 0 aromatic heterocycles. The molecule has 17 heavy (non-hydrogen) atoms. The van der Waals surface area contributed by atoms with Crippen molar-refractivity contribution in [2.24, 2.45) is 5.73 Å². The molecule has 0 aliphatic rings. The molecule has 1 aromatic rings. The highest BCUT2D eigenvalue weighted by Gasteiger charge is 2.26. The molecule has 0 saturated heterocycles. The van der Waals surface area contributed by atoms with Crippen molar-refractivity contribution >= 4 is 10.0 Å². The molecule has 0 aliphatic carbocycles. The van der Waals surface area contributed by atoms with E-state index >= 15 is 0 Å². The summed E-state index contributed by atoms with van der Waals surface area (Å²) < 4.78 is 31.8. The van der Waals surface area contributed by atoms with Crippen molar-refractivity contribution in [2.45, 2.75) is 24.3 Å². The summed E-state index contributed by atoms with van der Waals surface area (Å²) in [5.41, 5.74) is 4.81. The summed E-state index contributed by atoms with van der Waals surface area (Å²) in [6.07, 6.45) is 0. The lowest BCUT2D eigenvalue weighted by Gasteiger charge is -2.24. The standard InChI is InChI=1S/C11H18N2O3S/c1-11(2,8-12)13-17(14,15)10-7-5-4-6-9(10)16-3/h4-7,13H,8,12H2,1-3H3. The van der Waals surface area contributed by atoms with Crippen LogP contribution in [0.15, 0.2) is 29.2 Å². The number of ether oxygens (including phenoxy) is 1. The Morgan fingerprint density at radius 3 is 2.47 bits per heavy atom. The van der Waals surface area contributed by atoms with Crippen LogP contribution in [0.4, 0.5) is 0 Å². The number of hydrogen-bond acceptors (Lipinski definition) is 4. The maximum Gasteiger partial charge on any atom is 0.244 e. The molecule has 0 fully saturated rings. The quantitative estimate of drug-likeness (QED) is 0.815. The summed E-state index contributed by atoms with van der Waals surface area (Å²) >= 11 is 0. The number of nitrogens with one attached hydrogen (secondary N) is 1. The topological polar surface area (TPSA) is 81.4 Å². The fourth-order valence-corrected chi connectivity index (χ4v) is 2.90. The molecule has 0 bridgehead atoms. The van der Waals surface area contributed by atoms with Gasteiger partial charge in [0, 0.05) is 12.1 Å². The Labute approximate surface area is 102 Å². The van der Waals surface area contributed by atoms with Gasteiger partial charge in [0.15, 0.2) is 0 Å². The highest BCUT2D eigenvalue weighted by atomic mass is 32.2. The third kappa shape index (κ3) is 3.42. The van der Waals surface area contributed by atoms with Gasteiger partial charge in [-0.25, -0.2) is 13.1 Å². The molecular formula is C11H18N2O3S. The Kier molecular flexibility index (Phi) is 4.13. The summed E-state index contributed by atoms with van der Waals surface area (Å²) in [4.78, 5) is 0.115. The number of sulfonamides is 1. The van der Waals surface area contributed by atoms with Gasteiger partial charge in [0.05, 0.1) is 7.11 Å². The van der Waals surface area contributed by atoms with Crippen LogP contribution >= 0.6 is 0 Å². The van der Waals surface area contributed by atoms with E-state index < -0.39 is 15.6 Å². The molecule has 0 radical (unpaired) electrons. The third-order valence-electron chi connectivity index (χ3n) is 2.28. The molecule has 0 amide bonds. The third-order valence-corrected chi connectivity index (χ3v) is 4.02. The van der Waals surface area contributed by atoms with Crippen molar-refractivity contribution in [3.63, 3.8) is 0 Å². The van der Waals surface area contributed by atoms with Crippen molar-refractivity contribution in [3.8, 4) is 5.75 Å². The van der Waals surface area contributed by atoms with Gasteiger partial charge in [-0.1, -0.05) is 12.1 Å². The van der Waals surface area contributed by atoms with Crippen LogP contribution in [0.3, 0.4) is 0 Å². The van der Waals surface area contributed by atoms with Crippen molar-refractivity contribution in [1.29, 1.82) is 0 Å². The van der Waals surface area contributed by atoms with E-state index in [9.17, 15) is 8.42 Å². The predicted molar refractivity (Wildman–Crippen MR) is 66.4 cm³/mol. The average Bonchev–Trinajstić information content (AvgIpc) is 2.28. The van der Waals surface area contributed by atoms with Crippen LogP contribution in [0, 0.1) is 0 Å². The second-order valence-corrected chi connectivity index (χ2v) is 6.00. The molecule has 0 spiro atoms. The zero-order valence-electron chi connectivity index (χ0n) is 10.2. The van der Waals surface area contributed by atoms with Gasteiger partial charge in [-0.2, -0.15) is 0 Å². The summed E-state index contributed by atoms with van der Waals surface area (Å²) in [6.45, 7) is 3.65. The van der Waals surface area contributed by atoms with Gasteiger partial charge in [0.1, 0.15) is 10.6 Å². The molecule has 3 N–H and O–H groups in total. The van der Waals surface area contributed by atoms with Crippen LogP contribution in [-0.4, -0.2) is 27.6 Å². The molecule has 1 rings (SSSR count). The number of rotatable bonds is 5. The van der Waals surface area contributed by atoms with Gasteiger partial charge in [0.25, 0.3) is 0 Å². The lowest BCUT2D eigenvalue weighted by atomic mass is 10.1. The van der Waals surface area contributed by atoms with Gasteiger partial charge in [0.2, 0.25) is 10.0 Å². The van der Waals surface area contributed by atoms with Gasteiger partial charge < -0.3 is 10.5 Å².